The van der Waals surface area contributed by atoms with Crippen molar-refractivity contribution in [2.75, 3.05) is 13.2 Å². The van der Waals surface area contributed by atoms with Crippen LogP contribution in [-0.2, 0) is 11.2 Å². The first-order valence-electron chi connectivity index (χ1n) is 6.84. The van der Waals surface area contributed by atoms with Crippen molar-refractivity contribution in [3.8, 4) is 5.88 Å². The van der Waals surface area contributed by atoms with Crippen molar-refractivity contribution in [3.63, 3.8) is 0 Å². The van der Waals surface area contributed by atoms with Gasteiger partial charge >= 0.3 is 0 Å². The quantitative estimate of drug-likeness (QED) is 0.848. The molecule has 0 aliphatic carbocycles. The number of ether oxygens (including phenoxy) is 1. The van der Waals surface area contributed by atoms with Gasteiger partial charge in [-0.3, -0.25) is 0 Å². The number of aromatic hydroxyl groups is 1. The van der Waals surface area contributed by atoms with Crippen molar-refractivity contribution in [1.82, 2.24) is 19.6 Å². The standard InChI is InChI=1S/C14H22N4O2/c1-10-11(6-5-7-20-8-14(2,3)4)12(19)18-13(17-10)15-9-16-18/h9,19H,5-8H2,1-4H3. The summed E-state index contributed by atoms with van der Waals surface area (Å²) >= 11 is 0. The fraction of sp³-hybridized carbons (Fsp3) is 0.643. The zero-order chi connectivity index (χ0) is 14.8. The lowest BCUT2D eigenvalue weighted by molar-refractivity contribution is 0.0697. The Morgan fingerprint density at radius 3 is 2.80 bits per heavy atom. The van der Waals surface area contributed by atoms with E-state index in [0.717, 1.165) is 24.3 Å². The monoisotopic (exact) mass is 278 g/mol. The van der Waals surface area contributed by atoms with E-state index in [4.69, 9.17) is 4.74 Å². The fourth-order valence-corrected chi connectivity index (χ4v) is 1.99. The van der Waals surface area contributed by atoms with E-state index in [1.165, 1.54) is 10.8 Å². The highest BCUT2D eigenvalue weighted by Gasteiger charge is 2.13. The normalized spacial score (nSPS) is 12.2. The maximum absolute atomic E-state index is 10.2. The molecule has 2 aromatic rings. The zero-order valence-corrected chi connectivity index (χ0v) is 12.6. The third-order valence-electron chi connectivity index (χ3n) is 2.96. The molecule has 20 heavy (non-hydrogen) atoms. The van der Waals surface area contributed by atoms with Gasteiger partial charge in [0.25, 0.3) is 5.78 Å². The van der Waals surface area contributed by atoms with Gasteiger partial charge in [0.15, 0.2) is 0 Å². The van der Waals surface area contributed by atoms with Gasteiger partial charge < -0.3 is 9.84 Å². The van der Waals surface area contributed by atoms with Crippen molar-refractivity contribution in [3.05, 3.63) is 17.6 Å². The lowest BCUT2D eigenvalue weighted by Gasteiger charge is -2.18. The molecule has 0 unspecified atom stereocenters. The second-order valence-electron chi connectivity index (χ2n) is 6.19. The van der Waals surface area contributed by atoms with Gasteiger partial charge in [0.2, 0.25) is 5.88 Å². The summed E-state index contributed by atoms with van der Waals surface area (Å²) in [5, 5.41) is 14.1. The summed E-state index contributed by atoms with van der Waals surface area (Å²) in [6.45, 7) is 9.71. The number of fused-ring (bicyclic) bond motifs is 1. The van der Waals surface area contributed by atoms with Crippen LogP contribution in [0, 0.1) is 12.3 Å². The van der Waals surface area contributed by atoms with E-state index < -0.39 is 0 Å². The molecule has 0 saturated carbocycles. The smallest absolute Gasteiger partial charge is 0.255 e. The predicted octanol–water partition coefficient (Wildman–Crippen LogP) is 2.13. The first-order valence-corrected chi connectivity index (χ1v) is 6.84. The number of rotatable bonds is 5. The van der Waals surface area contributed by atoms with Gasteiger partial charge in [-0.25, -0.2) is 4.98 Å². The van der Waals surface area contributed by atoms with Crippen molar-refractivity contribution >= 4 is 5.78 Å². The number of hydrogen-bond acceptors (Lipinski definition) is 5. The van der Waals surface area contributed by atoms with Gasteiger partial charge in [0.05, 0.1) is 6.61 Å². The number of hydrogen-bond donors (Lipinski definition) is 1. The van der Waals surface area contributed by atoms with Crippen LogP contribution in [0.5, 0.6) is 5.88 Å². The third-order valence-corrected chi connectivity index (χ3v) is 2.96. The number of nitrogens with zero attached hydrogens (tertiary/aromatic N) is 4. The summed E-state index contributed by atoms with van der Waals surface area (Å²) in [5.74, 6) is 0.550. The predicted molar refractivity (Wildman–Crippen MR) is 75.8 cm³/mol. The molecular formula is C14H22N4O2. The molecule has 0 radical (unpaired) electrons. The minimum Gasteiger partial charge on any atom is -0.493 e. The molecule has 1 N–H and O–H groups in total. The van der Waals surface area contributed by atoms with Gasteiger partial charge in [0, 0.05) is 17.9 Å². The van der Waals surface area contributed by atoms with E-state index in [2.05, 4.69) is 35.8 Å². The molecule has 6 nitrogen and oxygen atoms in total. The molecule has 0 aromatic carbocycles. The molecule has 110 valence electrons. The topological polar surface area (TPSA) is 72.5 Å². The van der Waals surface area contributed by atoms with Crippen LogP contribution in [0.15, 0.2) is 6.33 Å². The van der Waals surface area contributed by atoms with E-state index >= 15 is 0 Å². The average Bonchev–Trinajstić information content (AvgIpc) is 2.79. The highest BCUT2D eigenvalue weighted by molar-refractivity contribution is 5.39. The SMILES string of the molecule is Cc1nc2ncnn2c(O)c1CCCOCC(C)(C)C. The first-order chi connectivity index (χ1) is 9.38. The van der Waals surface area contributed by atoms with Crippen LogP contribution in [0.4, 0.5) is 0 Å². The van der Waals surface area contributed by atoms with Crippen molar-refractivity contribution < 1.29 is 9.84 Å². The molecule has 0 atom stereocenters. The van der Waals surface area contributed by atoms with Gasteiger partial charge in [-0.15, -0.1) is 0 Å². The van der Waals surface area contributed by atoms with E-state index in [-0.39, 0.29) is 11.3 Å². The Labute approximate surface area is 118 Å². The molecule has 6 heteroatoms. The highest BCUT2D eigenvalue weighted by Crippen LogP contribution is 2.21. The van der Waals surface area contributed by atoms with Crippen LogP contribution in [-0.4, -0.2) is 37.9 Å². The van der Waals surface area contributed by atoms with Crippen molar-refractivity contribution in [2.24, 2.45) is 5.41 Å². The summed E-state index contributed by atoms with van der Waals surface area (Å²) in [7, 11) is 0. The van der Waals surface area contributed by atoms with Crippen LogP contribution in [0.25, 0.3) is 5.78 Å². The lowest BCUT2D eigenvalue weighted by atomic mass is 9.99. The Bertz CT molecular complexity index is 587. The summed E-state index contributed by atoms with van der Waals surface area (Å²) in [5.41, 5.74) is 1.78. The maximum atomic E-state index is 10.2. The minimum absolute atomic E-state index is 0.126. The van der Waals surface area contributed by atoms with Crippen molar-refractivity contribution in [1.29, 1.82) is 0 Å². The lowest BCUT2D eigenvalue weighted by Crippen LogP contribution is -2.15. The second kappa shape index (κ2) is 5.75. The Morgan fingerprint density at radius 2 is 2.10 bits per heavy atom. The van der Waals surface area contributed by atoms with Crippen LogP contribution in [0.3, 0.4) is 0 Å². The van der Waals surface area contributed by atoms with Crippen LogP contribution in [0.2, 0.25) is 0 Å². The zero-order valence-electron chi connectivity index (χ0n) is 12.6. The van der Waals surface area contributed by atoms with Gasteiger partial charge in [0.1, 0.15) is 6.33 Å². The Hall–Kier alpha value is -1.69. The first kappa shape index (κ1) is 14.7. The largest absolute Gasteiger partial charge is 0.493 e. The number of aromatic nitrogens is 4. The summed E-state index contributed by atoms with van der Waals surface area (Å²) < 4.78 is 6.99. The second-order valence-corrected chi connectivity index (χ2v) is 6.19. The van der Waals surface area contributed by atoms with Crippen LogP contribution < -0.4 is 0 Å². The van der Waals surface area contributed by atoms with E-state index in [1.54, 1.807) is 0 Å². The highest BCUT2D eigenvalue weighted by atomic mass is 16.5. The molecule has 0 aliphatic rings. The molecule has 2 aromatic heterocycles. The number of aryl methyl sites for hydroxylation is 1. The molecule has 0 spiro atoms. The van der Waals surface area contributed by atoms with E-state index in [0.29, 0.717) is 18.8 Å². The minimum atomic E-state index is 0.126. The Morgan fingerprint density at radius 1 is 1.35 bits per heavy atom. The molecule has 2 heterocycles. The van der Waals surface area contributed by atoms with Crippen molar-refractivity contribution in [2.45, 2.75) is 40.5 Å². The Kier molecular flexibility index (Phi) is 4.23. The van der Waals surface area contributed by atoms with E-state index in [9.17, 15) is 5.11 Å². The average molecular weight is 278 g/mol. The molecule has 0 aliphatic heterocycles. The molecular weight excluding hydrogens is 256 g/mol. The Balaban J connectivity index is 1.96. The van der Waals surface area contributed by atoms with Crippen LogP contribution >= 0.6 is 0 Å². The summed E-state index contributed by atoms with van der Waals surface area (Å²) in [6.07, 6.45) is 2.94. The van der Waals surface area contributed by atoms with Crippen LogP contribution in [0.1, 0.15) is 38.4 Å². The molecule has 0 saturated heterocycles. The third kappa shape index (κ3) is 3.45. The van der Waals surface area contributed by atoms with E-state index in [1.807, 2.05) is 6.92 Å². The maximum Gasteiger partial charge on any atom is 0.255 e. The van der Waals surface area contributed by atoms with Gasteiger partial charge in [-0.05, 0) is 25.2 Å². The summed E-state index contributed by atoms with van der Waals surface area (Å²) in [4.78, 5) is 8.30. The summed E-state index contributed by atoms with van der Waals surface area (Å²) in [6, 6.07) is 0. The van der Waals surface area contributed by atoms with Gasteiger partial charge in [-0.2, -0.15) is 14.6 Å². The molecule has 0 bridgehead atoms. The molecule has 2 rings (SSSR count). The molecule has 0 fully saturated rings. The van der Waals surface area contributed by atoms with Gasteiger partial charge in [-0.1, -0.05) is 20.8 Å². The fourth-order valence-electron chi connectivity index (χ4n) is 1.99. The molecule has 0 amide bonds.